The summed E-state index contributed by atoms with van der Waals surface area (Å²) in [5.41, 5.74) is 5.40. The lowest BCUT2D eigenvalue weighted by molar-refractivity contribution is -0.129. The Labute approximate surface area is 244 Å². The zero-order valence-corrected chi connectivity index (χ0v) is 23.8. The molecule has 4 fully saturated rings. The van der Waals surface area contributed by atoms with Crippen LogP contribution in [0.1, 0.15) is 24.5 Å². The summed E-state index contributed by atoms with van der Waals surface area (Å²) in [6, 6.07) is 13.6. The van der Waals surface area contributed by atoms with Gasteiger partial charge < -0.3 is 19.4 Å². The monoisotopic (exact) mass is 563 g/mol. The zero-order valence-electron chi connectivity index (χ0n) is 23.8. The summed E-state index contributed by atoms with van der Waals surface area (Å²) in [4.78, 5) is 30.1. The number of methoxy groups -OCH3 is 1. The van der Waals surface area contributed by atoms with Gasteiger partial charge in [0.2, 0.25) is 11.8 Å². The maximum atomic E-state index is 11.8. The lowest BCUT2D eigenvalue weighted by Gasteiger charge is -2.56. The van der Waals surface area contributed by atoms with Crippen molar-refractivity contribution in [1.29, 1.82) is 5.26 Å². The molecule has 4 aromatic rings. The molecular weight excluding hydrogens is 530 g/mol. The van der Waals surface area contributed by atoms with E-state index in [1.807, 2.05) is 29.6 Å². The molecule has 0 aromatic carbocycles. The predicted octanol–water partition coefficient (Wildman–Crippen LogP) is 2.80. The van der Waals surface area contributed by atoms with Crippen molar-refractivity contribution in [2.24, 2.45) is 0 Å². The number of anilines is 2. The lowest BCUT2D eigenvalue weighted by atomic mass is 9.87. The van der Waals surface area contributed by atoms with Gasteiger partial charge in [-0.2, -0.15) is 10.4 Å². The third-order valence-electron chi connectivity index (χ3n) is 8.91. The Hall–Kier alpha value is -4.69. The Morgan fingerprint density at radius 1 is 1.02 bits per heavy atom. The van der Waals surface area contributed by atoms with Gasteiger partial charge in [-0.05, 0) is 30.2 Å². The quantitative estimate of drug-likeness (QED) is 0.350. The third-order valence-corrected chi connectivity index (χ3v) is 8.91. The van der Waals surface area contributed by atoms with E-state index in [0.29, 0.717) is 36.6 Å². The number of rotatable bonds is 6. The minimum atomic E-state index is 0.107. The first-order valence-corrected chi connectivity index (χ1v) is 14.4. The molecule has 4 aliphatic heterocycles. The molecule has 4 aromatic heterocycles. The number of nitrogens with zero attached hydrogens (tertiary/aromatic N) is 9. The van der Waals surface area contributed by atoms with Gasteiger partial charge in [-0.1, -0.05) is 6.07 Å². The van der Waals surface area contributed by atoms with Crippen LogP contribution in [-0.4, -0.2) is 93.8 Å². The molecule has 42 heavy (non-hydrogen) atoms. The molecule has 2 unspecified atom stereocenters. The van der Waals surface area contributed by atoms with Gasteiger partial charge in [0.15, 0.2) is 0 Å². The molecule has 8 rings (SSSR count). The average molecular weight is 564 g/mol. The van der Waals surface area contributed by atoms with Crippen LogP contribution in [0.25, 0.3) is 16.6 Å². The first-order chi connectivity index (χ1) is 20.5. The van der Waals surface area contributed by atoms with Crippen LogP contribution in [0.3, 0.4) is 0 Å². The molecule has 4 aliphatic rings. The summed E-state index contributed by atoms with van der Waals surface area (Å²) in [5, 5.41) is 14.3. The zero-order chi connectivity index (χ0) is 28.8. The van der Waals surface area contributed by atoms with Crippen LogP contribution in [0, 0.1) is 11.3 Å². The van der Waals surface area contributed by atoms with Gasteiger partial charge in [0.05, 0.1) is 36.3 Å². The maximum absolute atomic E-state index is 11.8. The molecule has 0 spiro atoms. The minimum absolute atomic E-state index is 0.107. The molecule has 1 amide bonds. The van der Waals surface area contributed by atoms with Gasteiger partial charge in [-0.25, -0.2) is 14.5 Å². The summed E-state index contributed by atoms with van der Waals surface area (Å²) >= 11 is 0. The first kappa shape index (κ1) is 26.2. The Morgan fingerprint density at radius 3 is 2.48 bits per heavy atom. The van der Waals surface area contributed by atoms with E-state index >= 15 is 0 Å². The van der Waals surface area contributed by atoms with Gasteiger partial charge in [0.25, 0.3) is 0 Å². The Morgan fingerprint density at radius 2 is 1.83 bits per heavy atom. The average Bonchev–Trinajstić information content (AvgIpc) is 3.47. The van der Waals surface area contributed by atoms with E-state index in [-0.39, 0.29) is 5.91 Å². The fourth-order valence-electron chi connectivity index (χ4n) is 6.56. The molecule has 2 bridgehead atoms. The Kier molecular flexibility index (Phi) is 6.63. The molecule has 0 aliphatic carbocycles. The second kappa shape index (κ2) is 10.6. The van der Waals surface area contributed by atoms with E-state index in [2.05, 4.69) is 55.1 Å². The summed E-state index contributed by atoms with van der Waals surface area (Å²) in [7, 11) is 1.64. The lowest BCUT2D eigenvalue weighted by Crippen LogP contribution is -2.68. The van der Waals surface area contributed by atoms with Crippen LogP contribution in [0.4, 0.5) is 11.5 Å². The normalized spacial score (nSPS) is 20.4. The van der Waals surface area contributed by atoms with Crippen molar-refractivity contribution in [2.45, 2.75) is 32.0 Å². The molecule has 11 heteroatoms. The summed E-state index contributed by atoms with van der Waals surface area (Å²) < 4.78 is 6.98. The van der Waals surface area contributed by atoms with Gasteiger partial charge in [-0.15, -0.1) is 0 Å². The summed E-state index contributed by atoms with van der Waals surface area (Å²) in [6.07, 6.45) is 8.62. The first-order valence-electron chi connectivity index (χ1n) is 14.4. The van der Waals surface area contributed by atoms with Gasteiger partial charge in [-0.3, -0.25) is 9.69 Å². The molecule has 0 N–H and O–H groups in total. The number of carbonyl (C=O) groups is 1. The SMILES string of the molecule is COc1ccc(CN2C3CC2CN(c2ccc(-c4cc(N5CCN(C(C)=O)CC5)cn5ncc(C#N)c45)cn2)C3)cn1. The number of carbonyl (C=O) groups excluding carboxylic acids is 1. The number of piperidine rings is 1. The predicted molar refractivity (Wildman–Crippen MR) is 158 cm³/mol. The number of amides is 1. The van der Waals surface area contributed by atoms with Crippen molar-refractivity contribution in [1.82, 2.24) is 29.4 Å². The maximum Gasteiger partial charge on any atom is 0.219 e. The number of pyridine rings is 3. The largest absolute Gasteiger partial charge is 0.481 e. The highest BCUT2D eigenvalue weighted by Crippen LogP contribution is 2.37. The van der Waals surface area contributed by atoms with Crippen molar-refractivity contribution in [2.75, 3.05) is 56.2 Å². The van der Waals surface area contributed by atoms with E-state index in [1.165, 1.54) is 12.0 Å². The third kappa shape index (κ3) is 4.67. The van der Waals surface area contributed by atoms with Crippen molar-refractivity contribution in [3.63, 3.8) is 0 Å². The highest BCUT2D eigenvalue weighted by Gasteiger charge is 2.44. The fraction of sp³-hybridized carbons (Fsp3) is 0.387. The topological polar surface area (TPSA) is 106 Å². The van der Waals surface area contributed by atoms with E-state index in [9.17, 15) is 10.1 Å². The van der Waals surface area contributed by atoms with Crippen molar-refractivity contribution >= 4 is 22.9 Å². The van der Waals surface area contributed by atoms with Crippen molar-refractivity contribution < 1.29 is 9.53 Å². The molecule has 8 heterocycles. The van der Waals surface area contributed by atoms with E-state index in [1.54, 1.807) is 24.7 Å². The molecule has 214 valence electrons. The van der Waals surface area contributed by atoms with Crippen LogP contribution >= 0.6 is 0 Å². The number of ether oxygens (including phenoxy) is 1. The van der Waals surface area contributed by atoms with Gasteiger partial charge >= 0.3 is 0 Å². The van der Waals surface area contributed by atoms with Gasteiger partial charge in [0, 0.05) is 94.4 Å². The van der Waals surface area contributed by atoms with Crippen LogP contribution in [-0.2, 0) is 11.3 Å². The standard InChI is InChI=1S/C31H33N9O2/c1-21(41)36-7-9-37(10-8-36)25-12-28(31-24(13-32)16-35-40(31)20-25)23-4-5-29(33-15-23)38-18-26-11-27(19-38)39(26)17-22-3-6-30(42-2)34-14-22/h3-6,12,14-16,20,26-27H,7-11,17-19H2,1-2H3. The molecular formula is C31H33N9O2. The number of piperazine rings is 2. The number of hydrogen-bond donors (Lipinski definition) is 0. The van der Waals surface area contributed by atoms with Crippen LogP contribution < -0.4 is 14.5 Å². The summed E-state index contributed by atoms with van der Waals surface area (Å²) in [5.74, 6) is 1.72. The second-order valence-electron chi connectivity index (χ2n) is 11.3. The smallest absolute Gasteiger partial charge is 0.219 e. The molecule has 11 nitrogen and oxygen atoms in total. The molecule has 2 atom stereocenters. The van der Waals surface area contributed by atoms with Gasteiger partial charge in [0.1, 0.15) is 11.9 Å². The molecule has 4 saturated heterocycles. The van der Waals surface area contributed by atoms with E-state index in [4.69, 9.17) is 9.72 Å². The highest BCUT2D eigenvalue weighted by molar-refractivity contribution is 5.86. The molecule has 0 saturated carbocycles. The number of fused-ring (bicyclic) bond motifs is 3. The fourth-order valence-corrected chi connectivity index (χ4v) is 6.56. The van der Waals surface area contributed by atoms with E-state index in [0.717, 1.165) is 60.9 Å². The van der Waals surface area contributed by atoms with Crippen molar-refractivity contribution in [3.05, 3.63) is 66.2 Å². The van der Waals surface area contributed by atoms with Crippen LogP contribution in [0.15, 0.2) is 55.1 Å². The van der Waals surface area contributed by atoms with E-state index < -0.39 is 0 Å². The van der Waals surface area contributed by atoms with Crippen LogP contribution in [0.5, 0.6) is 5.88 Å². The Bertz CT molecular complexity index is 1640. The second-order valence-corrected chi connectivity index (χ2v) is 11.3. The minimum Gasteiger partial charge on any atom is -0.481 e. The summed E-state index contributed by atoms with van der Waals surface area (Å²) in [6.45, 7) is 7.28. The number of aromatic nitrogens is 4. The number of hydrogen-bond acceptors (Lipinski definition) is 9. The Balaban J connectivity index is 1.09. The highest BCUT2D eigenvalue weighted by atomic mass is 16.5. The van der Waals surface area contributed by atoms with Crippen LogP contribution in [0.2, 0.25) is 0 Å². The van der Waals surface area contributed by atoms with Crippen molar-refractivity contribution in [3.8, 4) is 23.1 Å². The number of nitriles is 1. The molecule has 0 radical (unpaired) electrons.